The molecule has 0 bridgehead atoms. The van der Waals surface area contributed by atoms with Crippen molar-refractivity contribution in [1.82, 2.24) is 5.32 Å². The van der Waals surface area contributed by atoms with Crippen LogP contribution in [0.15, 0.2) is 66.7 Å². The van der Waals surface area contributed by atoms with Crippen LogP contribution >= 0.6 is 0 Å². The highest BCUT2D eigenvalue weighted by molar-refractivity contribution is 6.09. The van der Waals surface area contributed by atoms with Crippen LogP contribution in [0.3, 0.4) is 0 Å². The first kappa shape index (κ1) is 22.8. The molecule has 0 aromatic heterocycles. The minimum Gasteiger partial charge on any atom is -0.480 e. The number of halogens is 1. The van der Waals surface area contributed by atoms with Crippen LogP contribution in [0.25, 0.3) is 0 Å². The number of fused-ring (bicyclic) bond motifs is 1. The van der Waals surface area contributed by atoms with E-state index in [-0.39, 0.29) is 35.7 Å². The molecule has 0 radical (unpaired) electrons. The molecule has 0 fully saturated rings. The number of nitrogens with zero attached hydrogens (tertiary/aromatic N) is 1. The van der Waals surface area contributed by atoms with Gasteiger partial charge < -0.3 is 20.5 Å². The minimum absolute atomic E-state index is 0.0790. The number of aliphatic carboxylic acids is 1. The van der Waals surface area contributed by atoms with E-state index in [1.807, 2.05) is 6.07 Å². The first-order valence-electron chi connectivity index (χ1n) is 10.5. The van der Waals surface area contributed by atoms with E-state index in [2.05, 4.69) is 10.6 Å². The van der Waals surface area contributed by atoms with Crippen molar-refractivity contribution < 1.29 is 28.6 Å². The fourth-order valence-corrected chi connectivity index (χ4v) is 3.65. The number of rotatable bonds is 7. The Balaban J connectivity index is 1.47. The van der Waals surface area contributed by atoms with Gasteiger partial charge in [0.2, 0.25) is 0 Å². The summed E-state index contributed by atoms with van der Waals surface area (Å²) in [5.74, 6) is -2.43. The fraction of sp³-hybridized carbons (Fsp3) is 0.160. The van der Waals surface area contributed by atoms with Gasteiger partial charge in [-0.15, -0.1) is 0 Å². The van der Waals surface area contributed by atoms with Gasteiger partial charge in [0, 0.05) is 30.8 Å². The third kappa shape index (κ3) is 4.68. The maximum Gasteiger partial charge on any atom is 0.326 e. The molecule has 3 N–H and O–H groups in total. The zero-order valence-corrected chi connectivity index (χ0v) is 18.2. The van der Waals surface area contributed by atoms with Crippen molar-refractivity contribution in [2.75, 3.05) is 24.0 Å². The zero-order chi connectivity index (χ0) is 24.2. The average Bonchev–Trinajstić information content (AvgIpc) is 2.84. The molecular weight excluding hydrogens is 441 g/mol. The van der Waals surface area contributed by atoms with Crippen molar-refractivity contribution in [3.05, 3.63) is 89.2 Å². The van der Waals surface area contributed by atoms with E-state index < -0.39 is 29.6 Å². The number of hydrogen-bond acceptors (Lipinski definition) is 5. The molecule has 8 nitrogen and oxygen atoms in total. The molecule has 1 heterocycles. The van der Waals surface area contributed by atoms with Crippen LogP contribution in [0.5, 0.6) is 5.75 Å². The number of carbonyl (C=O) groups excluding carboxylic acids is 2. The third-order valence-corrected chi connectivity index (χ3v) is 5.49. The Morgan fingerprint density at radius 1 is 1.12 bits per heavy atom. The molecule has 9 heteroatoms. The maximum absolute atomic E-state index is 14.1. The van der Waals surface area contributed by atoms with E-state index in [1.54, 1.807) is 43.4 Å². The van der Waals surface area contributed by atoms with Gasteiger partial charge in [0.1, 0.15) is 17.6 Å². The van der Waals surface area contributed by atoms with Gasteiger partial charge in [0.25, 0.3) is 11.8 Å². The third-order valence-electron chi connectivity index (χ3n) is 5.49. The van der Waals surface area contributed by atoms with Gasteiger partial charge in [-0.25, -0.2) is 9.18 Å². The minimum atomic E-state index is -1.14. The number of ether oxygens (including phenoxy) is 1. The van der Waals surface area contributed by atoms with Crippen molar-refractivity contribution in [3.63, 3.8) is 0 Å². The van der Waals surface area contributed by atoms with E-state index in [0.29, 0.717) is 5.69 Å². The van der Waals surface area contributed by atoms with Crippen molar-refractivity contribution in [2.24, 2.45) is 0 Å². The van der Waals surface area contributed by atoms with Crippen LogP contribution in [-0.2, 0) is 11.2 Å². The second-order valence-electron chi connectivity index (χ2n) is 7.69. The lowest BCUT2D eigenvalue weighted by Gasteiger charge is -2.29. The summed E-state index contributed by atoms with van der Waals surface area (Å²) in [4.78, 5) is 38.5. The summed E-state index contributed by atoms with van der Waals surface area (Å²) in [6, 6.07) is 16.5. The smallest absolute Gasteiger partial charge is 0.326 e. The van der Waals surface area contributed by atoms with E-state index >= 15 is 0 Å². The van der Waals surface area contributed by atoms with Crippen LogP contribution in [0.1, 0.15) is 26.3 Å². The predicted molar refractivity (Wildman–Crippen MR) is 124 cm³/mol. The monoisotopic (exact) mass is 463 g/mol. The largest absolute Gasteiger partial charge is 0.480 e. The Bertz CT molecular complexity index is 1230. The molecule has 1 aliphatic rings. The van der Waals surface area contributed by atoms with Gasteiger partial charge in [-0.3, -0.25) is 14.5 Å². The highest BCUT2D eigenvalue weighted by Crippen LogP contribution is 2.32. The van der Waals surface area contributed by atoms with Crippen molar-refractivity contribution in [3.8, 4) is 5.75 Å². The SMILES string of the molecule is CNc1cc2c(cc1F)C(=O)N(c1ccc(C(=O)N[C@H](Cc3ccccc3)C(=O)O)cc1)CO2. The lowest BCUT2D eigenvalue weighted by molar-refractivity contribution is -0.139. The van der Waals surface area contributed by atoms with Gasteiger partial charge in [-0.1, -0.05) is 30.3 Å². The molecule has 0 aliphatic carbocycles. The van der Waals surface area contributed by atoms with Crippen LogP contribution < -0.4 is 20.3 Å². The Labute approximate surface area is 195 Å². The lowest BCUT2D eigenvalue weighted by atomic mass is 10.1. The van der Waals surface area contributed by atoms with Gasteiger partial charge in [-0.2, -0.15) is 0 Å². The van der Waals surface area contributed by atoms with E-state index in [4.69, 9.17) is 4.74 Å². The van der Waals surface area contributed by atoms with Crippen molar-refractivity contribution in [2.45, 2.75) is 12.5 Å². The molecule has 0 saturated carbocycles. The first-order valence-corrected chi connectivity index (χ1v) is 10.5. The Morgan fingerprint density at radius 2 is 1.82 bits per heavy atom. The molecule has 3 aromatic rings. The average molecular weight is 463 g/mol. The second-order valence-corrected chi connectivity index (χ2v) is 7.69. The molecule has 1 aliphatic heterocycles. The highest BCUT2D eigenvalue weighted by Gasteiger charge is 2.29. The first-order chi connectivity index (χ1) is 16.4. The van der Waals surface area contributed by atoms with Gasteiger partial charge in [-0.05, 0) is 35.9 Å². The molecule has 2 amide bonds. The zero-order valence-electron chi connectivity index (χ0n) is 18.2. The van der Waals surface area contributed by atoms with Crippen LogP contribution in [-0.4, -0.2) is 42.7 Å². The predicted octanol–water partition coefficient (Wildman–Crippen LogP) is 3.29. The molecular formula is C25H22FN3O5. The second kappa shape index (κ2) is 9.62. The number of nitrogens with one attached hydrogen (secondary N) is 2. The van der Waals surface area contributed by atoms with E-state index in [0.717, 1.165) is 11.6 Å². The van der Waals surface area contributed by atoms with Gasteiger partial charge in [0.05, 0.1) is 11.3 Å². The summed E-state index contributed by atoms with van der Waals surface area (Å²) in [5, 5.41) is 14.7. The number of carboxylic acid groups (broad SMARTS) is 1. The Morgan fingerprint density at radius 3 is 2.47 bits per heavy atom. The number of amides is 2. The number of hydrogen-bond donors (Lipinski definition) is 3. The fourth-order valence-electron chi connectivity index (χ4n) is 3.65. The van der Waals surface area contributed by atoms with Gasteiger partial charge in [0.15, 0.2) is 6.73 Å². The van der Waals surface area contributed by atoms with Gasteiger partial charge >= 0.3 is 5.97 Å². The Hall–Kier alpha value is -4.40. The molecule has 1 atom stereocenters. The standard InChI is InChI=1S/C25H22FN3O5/c1-27-20-13-22-18(12-19(20)26)24(31)29(14-34-22)17-9-7-16(8-10-17)23(30)28-21(25(32)33)11-15-5-3-2-4-6-15/h2-10,12-13,21,27H,11,14H2,1H3,(H,28,30)(H,32,33)/t21-/m1/s1. The lowest BCUT2D eigenvalue weighted by Crippen LogP contribution is -2.42. The van der Waals surface area contributed by atoms with Crippen LogP contribution in [0, 0.1) is 5.82 Å². The van der Waals surface area contributed by atoms with Crippen LogP contribution in [0.4, 0.5) is 15.8 Å². The molecule has 34 heavy (non-hydrogen) atoms. The molecule has 174 valence electrons. The maximum atomic E-state index is 14.1. The summed E-state index contributed by atoms with van der Waals surface area (Å²) >= 11 is 0. The summed E-state index contributed by atoms with van der Waals surface area (Å²) in [5.41, 5.74) is 1.78. The van der Waals surface area contributed by atoms with Crippen molar-refractivity contribution in [1.29, 1.82) is 0 Å². The number of anilines is 2. The summed E-state index contributed by atoms with van der Waals surface area (Å²) in [6.45, 7) is -0.0790. The number of carbonyl (C=O) groups is 3. The Kier molecular flexibility index (Phi) is 6.44. The summed E-state index contributed by atoms with van der Waals surface area (Å²) < 4.78 is 19.8. The number of carboxylic acids is 1. The molecule has 0 unspecified atom stereocenters. The summed E-state index contributed by atoms with van der Waals surface area (Å²) in [6.07, 6.45) is 0.144. The number of benzene rings is 3. The normalized spacial score (nSPS) is 13.5. The quantitative estimate of drug-likeness (QED) is 0.496. The molecule has 0 spiro atoms. The van der Waals surface area contributed by atoms with Crippen LogP contribution in [0.2, 0.25) is 0 Å². The van der Waals surface area contributed by atoms with E-state index in [1.165, 1.54) is 23.1 Å². The highest BCUT2D eigenvalue weighted by atomic mass is 19.1. The molecule has 3 aromatic carbocycles. The summed E-state index contributed by atoms with van der Waals surface area (Å²) in [7, 11) is 1.57. The molecule has 4 rings (SSSR count). The van der Waals surface area contributed by atoms with E-state index in [9.17, 15) is 23.9 Å². The van der Waals surface area contributed by atoms with Crippen molar-refractivity contribution >= 4 is 29.2 Å². The topological polar surface area (TPSA) is 108 Å². The molecule has 0 saturated heterocycles.